The number of pyridine rings is 1. The molecule has 0 aromatic carbocycles. The van der Waals surface area contributed by atoms with Crippen LogP contribution in [0.3, 0.4) is 0 Å². The molecule has 6 heteroatoms. The SMILES string of the molecule is CCCn1nncc1C(O)c1ccnc(Cl)c1. The first-order valence-corrected chi connectivity index (χ1v) is 5.78. The zero-order valence-electron chi connectivity index (χ0n) is 9.41. The smallest absolute Gasteiger partial charge is 0.129 e. The summed E-state index contributed by atoms with van der Waals surface area (Å²) in [5, 5.41) is 18.3. The van der Waals surface area contributed by atoms with Gasteiger partial charge in [-0.15, -0.1) is 5.10 Å². The highest BCUT2D eigenvalue weighted by Crippen LogP contribution is 2.22. The molecule has 0 spiro atoms. The van der Waals surface area contributed by atoms with Crippen molar-refractivity contribution >= 4 is 11.6 Å². The molecule has 0 bridgehead atoms. The number of aromatic nitrogens is 4. The predicted molar refractivity (Wildman–Crippen MR) is 63.6 cm³/mol. The maximum atomic E-state index is 10.2. The fourth-order valence-corrected chi connectivity index (χ4v) is 1.80. The largest absolute Gasteiger partial charge is 0.382 e. The molecule has 2 aromatic heterocycles. The summed E-state index contributed by atoms with van der Waals surface area (Å²) in [7, 11) is 0. The Hall–Kier alpha value is -1.46. The van der Waals surface area contributed by atoms with Crippen LogP contribution in [-0.4, -0.2) is 25.1 Å². The van der Waals surface area contributed by atoms with Gasteiger partial charge in [0.15, 0.2) is 0 Å². The van der Waals surface area contributed by atoms with E-state index in [2.05, 4.69) is 15.3 Å². The van der Waals surface area contributed by atoms with Gasteiger partial charge < -0.3 is 5.11 Å². The first-order valence-electron chi connectivity index (χ1n) is 5.40. The molecule has 0 aliphatic rings. The van der Waals surface area contributed by atoms with E-state index in [1.807, 2.05) is 6.92 Å². The maximum Gasteiger partial charge on any atom is 0.129 e. The molecule has 0 radical (unpaired) electrons. The molecule has 0 saturated heterocycles. The Kier molecular flexibility index (Phi) is 3.71. The van der Waals surface area contributed by atoms with Crippen LogP contribution < -0.4 is 0 Å². The van der Waals surface area contributed by atoms with Gasteiger partial charge in [-0.25, -0.2) is 9.67 Å². The number of aliphatic hydroxyl groups excluding tert-OH is 1. The van der Waals surface area contributed by atoms with Gasteiger partial charge in [0.2, 0.25) is 0 Å². The zero-order chi connectivity index (χ0) is 12.3. The van der Waals surface area contributed by atoms with Crippen LogP contribution in [0.15, 0.2) is 24.5 Å². The second-order valence-electron chi connectivity index (χ2n) is 3.70. The fraction of sp³-hybridized carbons (Fsp3) is 0.364. The van der Waals surface area contributed by atoms with Crippen molar-refractivity contribution in [3.8, 4) is 0 Å². The third-order valence-corrected chi connectivity index (χ3v) is 2.64. The molecule has 0 saturated carbocycles. The molecule has 0 amide bonds. The lowest BCUT2D eigenvalue weighted by Gasteiger charge is -2.12. The number of hydrogen-bond donors (Lipinski definition) is 1. The predicted octanol–water partition coefficient (Wildman–Crippen LogP) is 1.82. The highest BCUT2D eigenvalue weighted by atomic mass is 35.5. The van der Waals surface area contributed by atoms with E-state index >= 15 is 0 Å². The molecule has 5 nitrogen and oxygen atoms in total. The highest BCUT2D eigenvalue weighted by molar-refractivity contribution is 6.29. The summed E-state index contributed by atoms with van der Waals surface area (Å²) in [5.74, 6) is 0. The minimum Gasteiger partial charge on any atom is -0.382 e. The summed E-state index contributed by atoms with van der Waals surface area (Å²) in [6, 6.07) is 3.36. The first-order chi connectivity index (χ1) is 8.22. The second-order valence-corrected chi connectivity index (χ2v) is 4.08. The molecule has 2 aromatic rings. The van der Waals surface area contributed by atoms with Gasteiger partial charge in [-0.3, -0.25) is 0 Å². The highest BCUT2D eigenvalue weighted by Gasteiger charge is 2.16. The van der Waals surface area contributed by atoms with Crippen molar-refractivity contribution in [1.29, 1.82) is 0 Å². The lowest BCUT2D eigenvalue weighted by atomic mass is 10.1. The van der Waals surface area contributed by atoms with E-state index in [0.29, 0.717) is 16.4 Å². The van der Waals surface area contributed by atoms with E-state index in [4.69, 9.17) is 11.6 Å². The van der Waals surface area contributed by atoms with Crippen LogP contribution in [-0.2, 0) is 6.54 Å². The average Bonchev–Trinajstić information content (AvgIpc) is 2.77. The third-order valence-electron chi connectivity index (χ3n) is 2.43. The van der Waals surface area contributed by atoms with Crippen molar-refractivity contribution in [2.45, 2.75) is 26.0 Å². The lowest BCUT2D eigenvalue weighted by molar-refractivity contribution is 0.207. The standard InChI is InChI=1S/C11H13ClN4O/c1-2-5-16-9(7-14-15-16)11(17)8-3-4-13-10(12)6-8/h3-4,6-7,11,17H,2,5H2,1H3. The van der Waals surface area contributed by atoms with Crippen molar-refractivity contribution in [2.24, 2.45) is 0 Å². The summed E-state index contributed by atoms with van der Waals surface area (Å²) in [5.41, 5.74) is 1.35. The minimum absolute atomic E-state index is 0.357. The van der Waals surface area contributed by atoms with E-state index in [1.54, 1.807) is 29.2 Å². The Balaban J connectivity index is 2.30. The molecule has 1 N–H and O–H groups in total. The van der Waals surface area contributed by atoms with Crippen LogP contribution >= 0.6 is 11.6 Å². The van der Waals surface area contributed by atoms with Crippen LogP contribution in [0.2, 0.25) is 5.15 Å². The quantitative estimate of drug-likeness (QED) is 0.843. The van der Waals surface area contributed by atoms with Gasteiger partial charge >= 0.3 is 0 Å². The maximum absolute atomic E-state index is 10.2. The first kappa shape index (κ1) is 12.0. The van der Waals surface area contributed by atoms with E-state index in [-0.39, 0.29) is 0 Å². The summed E-state index contributed by atoms with van der Waals surface area (Å²) >= 11 is 5.79. The van der Waals surface area contributed by atoms with Crippen molar-refractivity contribution in [3.63, 3.8) is 0 Å². The molecule has 1 unspecified atom stereocenters. The monoisotopic (exact) mass is 252 g/mol. The summed E-state index contributed by atoms with van der Waals surface area (Å²) in [6.45, 7) is 2.77. The van der Waals surface area contributed by atoms with Crippen molar-refractivity contribution < 1.29 is 5.11 Å². The Morgan fingerprint density at radius 3 is 3.06 bits per heavy atom. The molecule has 2 rings (SSSR count). The van der Waals surface area contributed by atoms with Gasteiger partial charge in [-0.1, -0.05) is 23.7 Å². The van der Waals surface area contributed by atoms with E-state index in [0.717, 1.165) is 13.0 Å². The van der Waals surface area contributed by atoms with Gasteiger partial charge in [0.05, 0.1) is 11.9 Å². The van der Waals surface area contributed by atoms with Crippen LogP contribution in [0, 0.1) is 0 Å². The summed E-state index contributed by atoms with van der Waals surface area (Å²) < 4.78 is 1.69. The Bertz CT molecular complexity index is 500. The van der Waals surface area contributed by atoms with Crippen LogP contribution in [0.1, 0.15) is 30.7 Å². The number of nitrogens with zero attached hydrogens (tertiary/aromatic N) is 4. The van der Waals surface area contributed by atoms with Crippen molar-refractivity contribution in [3.05, 3.63) is 40.9 Å². The van der Waals surface area contributed by atoms with E-state index in [1.165, 1.54) is 0 Å². The van der Waals surface area contributed by atoms with Crippen molar-refractivity contribution in [2.75, 3.05) is 0 Å². The minimum atomic E-state index is -0.781. The second kappa shape index (κ2) is 5.25. The topological polar surface area (TPSA) is 63.8 Å². The molecule has 1 atom stereocenters. The molecular weight excluding hydrogens is 240 g/mol. The van der Waals surface area contributed by atoms with Gasteiger partial charge in [-0.05, 0) is 24.1 Å². The normalized spacial score (nSPS) is 12.6. The van der Waals surface area contributed by atoms with Crippen LogP contribution in [0.5, 0.6) is 0 Å². The molecule has 0 aliphatic heterocycles. The van der Waals surface area contributed by atoms with Crippen molar-refractivity contribution in [1.82, 2.24) is 20.0 Å². The molecule has 0 aliphatic carbocycles. The summed E-state index contributed by atoms with van der Waals surface area (Å²) in [4.78, 5) is 3.88. The lowest BCUT2D eigenvalue weighted by Crippen LogP contribution is -2.10. The van der Waals surface area contributed by atoms with E-state index < -0.39 is 6.10 Å². The molecule has 90 valence electrons. The average molecular weight is 253 g/mol. The molecular formula is C11H13ClN4O. The van der Waals surface area contributed by atoms with E-state index in [9.17, 15) is 5.11 Å². The Labute approximate surface area is 104 Å². The number of aliphatic hydroxyl groups is 1. The van der Waals surface area contributed by atoms with Gasteiger partial charge in [0.25, 0.3) is 0 Å². The van der Waals surface area contributed by atoms with Crippen LogP contribution in [0.4, 0.5) is 0 Å². The zero-order valence-corrected chi connectivity index (χ0v) is 10.2. The number of hydrogen-bond acceptors (Lipinski definition) is 4. The van der Waals surface area contributed by atoms with Gasteiger partial charge in [-0.2, -0.15) is 0 Å². The number of aryl methyl sites for hydroxylation is 1. The Morgan fingerprint density at radius 1 is 1.53 bits per heavy atom. The third kappa shape index (κ3) is 2.62. The van der Waals surface area contributed by atoms with Gasteiger partial charge in [0.1, 0.15) is 11.3 Å². The van der Waals surface area contributed by atoms with Crippen LogP contribution in [0.25, 0.3) is 0 Å². The fourth-order valence-electron chi connectivity index (χ4n) is 1.62. The number of rotatable bonds is 4. The molecule has 17 heavy (non-hydrogen) atoms. The summed E-state index contributed by atoms with van der Waals surface area (Å²) in [6.07, 6.45) is 3.28. The Morgan fingerprint density at radius 2 is 2.35 bits per heavy atom. The van der Waals surface area contributed by atoms with Gasteiger partial charge in [0, 0.05) is 12.7 Å². The molecule has 2 heterocycles. The molecule has 0 fully saturated rings. The number of halogens is 1.